The summed E-state index contributed by atoms with van der Waals surface area (Å²) < 4.78 is 5.06. The van der Waals surface area contributed by atoms with Gasteiger partial charge >= 0.3 is 5.97 Å². The lowest BCUT2D eigenvalue weighted by molar-refractivity contribution is 0.0527. The van der Waals surface area contributed by atoms with E-state index in [-0.39, 0.29) is 5.97 Å². The maximum atomic E-state index is 12.0. The molecule has 3 N–H and O–H groups in total. The van der Waals surface area contributed by atoms with Crippen molar-refractivity contribution in [3.63, 3.8) is 0 Å². The fourth-order valence-corrected chi connectivity index (χ4v) is 2.16. The Morgan fingerprint density at radius 3 is 2.71 bits per heavy atom. The Labute approximate surface area is 124 Å². The third kappa shape index (κ3) is 3.75. The molecule has 0 heterocycles. The van der Waals surface area contributed by atoms with Crippen molar-refractivity contribution in [1.29, 1.82) is 0 Å². The first-order valence-electron chi connectivity index (χ1n) is 6.97. The van der Waals surface area contributed by atoms with Gasteiger partial charge in [-0.1, -0.05) is 35.9 Å². The molecule has 110 valence electrons. The molecule has 2 aromatic carbocycles. The van der Waals surface area contributed by atoms with Crippen molar-refractivity contribution in [2.75, 3.05) is 17.7 Å². The molecule has 4 heteroatoms. The Morgan fingerprint density at radius 1 is 1.24 bits per heavy atom. The van der Waals surface area contributed by atoms with E-state index in [0.29, 0.717) is 30.1 Å². The van der Waals surface area contributed by atoms with Gasteiger partial charge in [-0.2, -0.15) is 0 Å². The summed E-state index contributed by atoms with van der Waals surface area (Å²) in [5.74, 6) is -0.364. The van der Waals surface area contributed by atoms with Gasteiger partial charge in [-0.25, -0.2) is 4.79 Å². The second kappa shape index (κ2) is 6.79. The van der Waals surface area contributed by atoms with Gasteiger partial charge < -0.3 is 15.8 Å². The standard InChI is InChI=1S/C17H20N2O2/c1-3-21-17(20)14-8-5-9-15(18)16(14)19-11-13-7-4-6-12(2)10-13/h4-10,19H,3,11,18H2,1-2H3. The Morgan fingerprint density at radius 2 is 2.00 bits per heavy atom. The van der Waals surface area contributed by atoms with Crippen molar-refractivity contribution in [2.24, 2.45) is 0 Å². The summed E-state index contributed by atoms with van der Waals surface area (Å²) in [6, 6.07) is 13.4. The second-order valence-electron chi connectivity index (χ2n) is 4.83. The molecule has 21 heavy (non-hydrogen) atoms. The highest BCUT2D eigenvalue weighted by Crippen LogP contribution is 2.25. The van der Waals surface area contributed by atoms with Gasteiger partial charge in [0.05, 0.1) is 23.5 Å². The number of nitrogens with one attached hydrogen (secondary N) is 1. The van der Waals surface area contributed by atoms with E-state index in [0.717, 1.165) is 5.56 Å². The average molecular weight is 284 g/mol. The summed E-state index contributed by atoms with van der Waals surface area (Å²) in [5, 5.41) is 3.24. The molecule has 0 saturated heterocycles. The van der Waals surface area contributed by atoms with Crippen molar-refractivity contribution in [3.05, 3.63) is 59.2 Å². The fraction of sp³-hybridized carbons (Fsp3) is 0.235. The summed E-state index contributed by atoms with van der Waals surface area (Å²) in [6.07, 6.45) is 0. The topological polar surface area (TPSA) is 64.3 Å². The number of carbonyl (C=O) groups excluding carboxylic acids is 1. The van der Waals surface area contributed by atoms with Gasteiger partial charge in [-0.05, 0) is 31.5 Å². The van der Waals surface area contributed by atoms with E-state index in [1.54, 1.807) is 25.1 Å². The number of carbonyl (C=O) groups is 1. The second-order valence-corrected chi connectivity index (χ2v) is 4.83. The van der Waals surface area contributed by atoms with Crippen LogP contribution in [0.2, 0.25) is 0 Å². The van der Waals surface area contributed by atoms with E-state index < -0.39 is 0 Å². The molecular weight excluding hydrogens is 264 g/mol. The maximum absolute atomic E-state index is 12.0. The highest BCUT2D eigenvalue weighted by molar-refractivity contribution is 5.98. The number of ether oxygens (including phenoxy) is 1. The minimum atomic E-state index is -0.364. The first-order chi connectivity index (χ1) is 10.1. The van der Waals surface area contributed by atoms with Gasteiger partial charge in [0.2, 0.25) is 0 Å². The predicted molar refractivity (Wildman–Crippen MR) is 85.3 cm³/mol. The highest BCUT2D eigenvalue weighted by Gasteiger charge is 2.14. The number of anilines is 2. The molecule has 0 aliphatic rings. The van der Waals surface area contributed by atoms with Crippen LogP contribution in [0.15, 0.2) is 42.5 Å². The van der Waals surface area contributed by atoms with Crippen LogP contribution in [0.1, 0.15) is 28.4 Å². The molecule has 4 nitrogen and oxygen atoms in total. The minimum absolute atomic E-state index is 0.338. The first-order valence-corrected chi connectivity index (χ1v) is 6.97. The summed E-state index contributed by atoms with van der Waals surface area (Å²) in [7, 11) is 0. The van der Waals surface area contributed by atoms with Crippen LogP contribution in [0.3, 0.4) is 0 Å². The lowest BCUT2D eigenvalue weighted by Crippen LogP contribution is -2.11. The molecule has 0 bridgehead atoms. The molecule has 2 aromatic rings. The molecule has 0 radical (unpaired) electrons. The molecule has 0 fully saturated rings. The highest BCUT2D eigenvalue weighted by atomic mass is 16.5. The predicted octanol–water partition coefficient (Wildman–Crippen LogP) is 3.37. The average Bonchev–Trinajstić information content (AvgIpc) is 2.46. The van der Waals surface area contributed by atoms with Gasteiger partial charge in [0.25, 0.3) is 0 Å². The Balaban J connectivity index is 2.21. The number of aryl methyl sites for hydroxylation is 1. The van der Waals surface area contributed by atoms with Crippen molar-refractivity contribution in [3.8, 4) is 0 Å². The lowest BCUT2D eigenvalue weighted by Gasteiger charge is -2.14. The summed E-state index contributed by atoms with van der Waals surface area (Å²) in [4.78, 5) is 12.0. The SMILES string of the molecule is CCOC(=O)c1cccc(N)c1NCc1cccc(C)c1. The van der Waals surface area contributed by atoms with E-state index in [1.165, 1.54) is 5.56 Å². The monoisotopic (exact) mass is 284 g/mol. The molecule has 0 unspecified atom stereocenters. The lowest BCUT2D eigenvalue weighted by atomic mass is 10.1. The van der Waals surface area contributed by atoms with Crippen LogP contribution in [0.25, 0.3) is 0 Å². The summed E-state index contributed by atoms with van der Waals surface area (Å²) in [6.45, 7) is 4.77. The zero-order valence-electron chi connectivity index (χ0n) is 12.3. The van der Waals surface area contributed by atoms with Gasteiger partial charge in [0.1, 0.15) is 0 Å². The van der Waals surface area contributed by atoms with E-state index in [4.69, 9.17) is 10.5 Å². The molecule has 0 atom stereocenters. The van der Waals surface area contributed by atoms with E-state index in [1.807, 2.05) is 25.1 Å². The van der Waals surface area contributed by atoms with Crippen LogP contribution in [-0.2, 0) is 11.3 Å². The third-order valence-corrected chi connectivity index (χ3v) is 3.14. The van der Waals surface area contributed by atoms with Crippen LogP contribution in [0, 0.1) is 6.92 Å². The number of hydrogen-bond donors (Lipinski definition) is 2. The molecule has 2 rings (SSSR count). The number of nitrogen functional groups attached to an aromatic ring is 1. The molecule has 0 amide bonds. The molecule has 0 spiro atoms. The molecule has 0 aliphatic heterocycles. The summed E-state index contributed by atoms with van der Waals surface area (Å²) >= 11 is 0. The maximum Gasteiger partial charge on any atom is 0.340 e. The number of para-hydroxylation sites is 1. The van der Waals surface area contributed by atoms with Gasteiger partial charge in [0, 0.05) is 6.54 Å². The van der Waals surface area contributed by atoms with Crippen molar-refractivity contribution >= 4 is 17.3 Å². The van der Waals surface area contributed by atoms with Gasteiger partial charge in [-0.3, -0.25) is 0 Å². The molecule has 0 aromatic heterocycles. The molecular formula is C17H20N2O2. The van der Waals surface area contributed by atoms with E-state index in [9.17, 15) is 4.79 Å². The minimum Gasteiger partial charge on any atom is -0.462 e. The van der Waals surface area contributed by atoms with Gasteiger partial charge in [-0.15, -0.1) is 0 Å². The normalized spacial score (nSPS) is 10.2. The zero-order chi connectivity index (χ0) is 15.2. The Hall–Kier alpha value is -2.49. The Bertz CT molecular complexity index is 638. The summed E-state index contributed by atoms with van der Waals surface area (Å²) in [5.41, 5.74) is 9.93. The zero-order valence-corrected chi connectivity index (χ0v) is 12.3. The van der Waals surface area contributed by atoms with Crippen LogP contribution in [0.5, 0.6) is 0 Å². The smallest absolute Gasteiger partial charge is 0.340 e. The molecule has 0 aliphatic carbocycles. The number of benzene rings is 2. The van der Waals surface area contributed by atoms with Crippen molar-refractivity contribution < 1.29 is 9.53 Å². The third-order valence-electron chi connectivity index (χ3n) is 3.14. The van der Waals surface area contributed by atoms with E-state index in [2.05, 4.69) is 11.4 Å². The van der Waals surface area contributed by atoms with E-state index >= 15 is 0 Å². The Kier molecular flexibility index (Phi) is 4.82. The largest absolute Gasteiger partial charge is 0.462 e. The van der Waals surface area contributed by atoms with Crippen molar-refractivity contribution in [1.82, 2.24) is 0 Å². The van der Waals surface area contributed by atoms with Gasteiger partial charge in [0.15, 0.2) is 0 Å². The number of hydrogen-bond acceptors (Lipinski definition) is 4. The molecule has 0 saturated carbocycles. The van der Waals surface area contributed by atoms with Crippen LogP contribution in [0.4, 0.5) is 11.4 Å². The van der Waals surface area contributed by atoms with Crippen LogP contribution in [-0.4, -0.2) is 12.6 Å². The fourth-order valence-electron chi connectivity index (χ4n) is 2.16. The van der Waals surface area contributed by atoms with Crippen LogP contribution >= 0.6 is 0 Å². The number of esters is 1. The number of rotatable bonds is 5. The quantitative estimate of drug-likeness (QED) is 0.652. The number of nitrogens with two attached hydrogens (primary N) is 1. The van der Waals surface area contributed by atoms with Crippen molar-refractivity contribution in [2.45, 2.75) is 20.4 Å². The first kappa shape index (κ1) is 14.9. The van der Waals surface area contributed by atoms with Crippen LogP contribution < -0.4 is 11.1 Å².